The van der Waals surface area contributed by atoms with Gasteiger partial charge in [0.15, 0.2) is 5.71 Å². The van der Waals surface area contributed by atoms with Gasteiger partial charge in [0, 0.05) is 48.0 Å². The predicted molar refractivity (Wildman–Crippen MR) is 200 cm³/mol. The number of likely N-dealkylation sites (N-methyl/N-ethyl adjacent to an activating group) is 1. The van der Waals surface area contributed by atoms with E-state index in [4.69, 9.17) is 0 Å². The fourth-order valence-electron chi connectivity index (χ4n) is 8.22. The molecule has 2 heteroatoms. The first-order chi connectivity index (χ1) is 22.8. The van der Waals surface area contributed by atoms with Gasteiger partial charge in [0.25, 0.3) is 0 Å². The molecule has 0 saturated carbocycles. The second kappa shape index (κ2) is 12.5. The van der Waals surface area contributed by atoms with Gasteiger partial charge in [-0.2, -0.15) is 4.58 Å². The normalized spacial score (nSPS) is 17.3. The molecular weight excluding hydrogens is 569 g/mol. The molecule has 0 spiro atoms. The van der Waals surface area contributed by atoms with E-state index < -0.39 is 0 Å². The second-order valence-corrected chi connectivity index (χ2v) is 14.4. The maximum absolute atomic E-state index is 2.67. The number of benzene rings is 5. The van der Waals surface area contributed by atoms with Crippen LogP contribution < -0.4 is 4.90 Å². The molecule has 47 heavy (non-hydrogen) atoms. The van der Waals surface area contributed by atoms with Crippen LogP contribution in [0.15, 0.2) is 145 Å². The van der Waals surface area contributed by atoms with Crippen molar-refractivity contribution in [3.63, 3.8) is 0 Å². The number of hydrogen-bond donors (Lipinski definition) is 0. The Morgan fingerprint density at radius 2 is 1.34 bits per heavy atom. The van der Waals surface area contributed by atoms with Gasteiger partial charge < -0.3 is 4.90 Å². The summed E-state index contributed by atoms with van der Waals surface area (Å²) >= 11 is 0. The quantitative estimate of drug-likeness (QED) is 0.150. The molecule has 0 bridgehead atoms. The Labute approximate surface area is 281 Å². The van der Waals surface area contributed by atoms with Crippen molar-refractivity contribution < 1.29 is 4.58 Å². The number of anilines is 1. The SMILES string of the molecule is CC(C)CC[N+]1=C(/C=C/C=C2/N(C)c3ccccc3C2(C)C)C(Cc2ccccc2)(Cc2ccccc2)c2c1ccc1ccccc21. The van der Waals surface area contributed by atoms with Crippen molar-refractivity contribution in [2.24, 2.45) is 5.92 Å². The molecule has 0 unspecified atom stereocenters. The van der Waals surface area contributed by atoms with Crippen molar-refractivity contribution in [1.29, 1.82) is 0 Å². The van der Waals surface area contributed by atoms with Gasteiger partial charge >= 0.3 is 0 Å². The topological polar surface area (TPSA) is 6.25 Å². The minimum Gasteiger partial charge on any atom is -0.347 e. The van der Waals surface area contributed by atoms with Crippen LogP contribution in [-0.2, 0) is 23.7 Å². The summed E-state index contributed by atoms with van der Waals surface area (Å²) in [5.41, 5.74) is 10.6. The molecule has 2 nitrogen and oxygen atoms in total. The molecule has 0 saturated heterocycles. The molecular formula is C45H47N2+. The Balaban J connectivity index is 1.47. The summed E-state index contributed by atoms with van der Waals surface area (Å²) in [7, 11) is 2.21. The molecule has 0 atom stereocenters. The number of para-hydroxylation sites is 1. The highest BCUT2D eigenvalue weighted by Gasteiger charge is 2.52. The molecule has 7 rings (SSSR count). The molecule has 236 valence electrons. The van der Waals surface area contributed by atoms with Gasteiger partial charge in [0.1, 0.15) is 6.54 Å². The minimum atomic E-state index is -0.259. The van der Waals surface area contributed by atoms with Gasteiger partial charge in [-0.1, -0.05) is 137 Å². The van der Waals surface area contributed by atoms with Crippen LogP contribution >= 0.6 is 0 Å². The Hall–Kier alpha value is -4.69. The van der Waals surface area contributed by atoms with Crippen molar-refractivity contribution in [2.45, 2.75) is 57.8 Å². The molecule has 0 radical (unpaired) electrons. The van der Waals surface area contributed by atoms with Crippen LogP contribution in [0.25, 0.3) is 10.8 Å². The van der Waals surface area contributed by atoms with Crippen LogP contribution in [0.2, 0.25) is 0 Å². The zero-order chi connectivity index (χ0) is 32.6. The standard InChI is InChI=1S/C45H47N2/c1-33(2)29-30-47-40-28-27-36-21-12-13-22-37(36)43(40)45(31-34-17-8-6-9-18-34,32-35-19-10-7-11-20-35)42(47)26-16-25-41-44(3,4)38-23-14-15-24-39(38)46(41)5/h6-28,33H,29-32H2,1-5H3/q+1. The third-order valence-corrected chi connectivity index (χ3v) is 10.5. The largest absolute Gasteiger partial charge is 0.347 e. The lowest BCUT2D eigenvalue weighted by Crippen LogP contribution is -2.39. The Kier molecular flexibility index (Phi) is 8.22. The zero-order valence-corrected chi connectivity index (χ0v) is 28.6. The number of hydrogen-bond acceptors (Lipinski definition) is 1. The van der Waals surface area contributed by atoms with Crippen LogP contribution in [0.1, 0.15) is 56.4 Å². The van der Waals surface area contributed by atoms with Gasteiger partial charge in [-0.15, -0.1) is 0 Å². The highest BCUT2D eigenvalue weighted by molar-refractivity contribution is 6.08. The van der Waals surface area contributed by atoms with E-state index in [1.54, 1.807) is 0 Å². The molecule has 2 aliphatic heterocycles. The third-order valence-electron chi connectivity index (χ3n) is 10.5. The van der Waals surface area contributed by atoms with Crippen LogP contribution in [0, 0.1) is 5.92 Å². The third kappa shape index (κ3) is 5.54. The van der Waals surface area contributed by atoms with Crippen LogP contribution in [-0.4, -0.2) is 23.9 Å². The van der Waals surface area contributed by atoms with Gasteiger partial charge in [-0.3, -0.25) is 0 Å². The lowest BCUT2D eigenvalue weighted by molar-refractivity contribution is -0.439. The summed E-state index contributed by atoms with van der Waals surface area (Å²) in [5.74, 6) is 0.607. The van der Waals surface area contributed by atoms with E-state index >= 15 is 0 Å². The molecule has 5 aromatic rings. The van der Waals surface area contributed by atoms with Crippen molar-refractivity contribution in [3.05, 3.63) is 168 Å². The van der Waals surface area contributed by atoms with Crippen molar-refractivity contribution in [1.82, 2.24) is 0 Å². The monoisotopic (exact) mass is 615 g/mol. The van der Waals surface area contributed by atoms with Crippen molar-refractivity contribution >= 4 is 27.9 Å². The fraction of sp³-hybridized carbons (Fsp3) is 0.267. The van der Waals surface area contributed by atoms with E-state index in [0.29, 0.717) is 5.92 Å². The molecule has 2 heterocycles. The zero-order valence-electron chi connectivity index (χ0n) is 28.6. The minimum absolute atomic E-state index is 0.0717. The smallest absolute Gasteiger partial charge is 0.210 e. The summed E-state index contributed by atoms with van der Waals surface area (Å²) in [6.45, 7) is 10.4. The first kappa shape index (κ1) is 30.9. The summed E-state index contributed by atoms with van der Waals surface area (Å²) < 4.78 is 2.67. The summed E-state index contributed by atoms with van der Waals surface area (Å²) in [6.07, 6.45) is 10.1. The van der Waals surface area contributed by atoms with E-state index in [9.17, 15) is 0 Å². The molecule has 2 aliphatic rings. The maximum atomic E-state index is 2.67. The van der Waals surface area contributed by atoms with Gasteiger partial charge in [-0.05, 0) is 64.4 Å². The molecule has 0 N–H and O–H groups in total. The number of rotatable bonds is 9. The molecule has 0 fully saturated rings. The fourth-order valence-corrected chi connectivity index (χ4v) is 8.22. The van der Waals surface area contributed by atoms with E-state index in [-0.39, 0.29) is 10.8 Å². The highest BCUT2D eigenvalue weighted by atomic mass is 15.2. The van der Waals surface area contributed by atoms with E-state index in [0.717, 1.165) is 25.8 Å². The lowest BCUT2D eigenvalue weighted by atomic mass is 9.67. The Bertz CT molecular complexity index is 1950. The van der Waals surface area contributed by atoms with Gasteiger partial charge in [0.2, 0.25) is 5.69 Å². The summed E-state index contributed by atoms with van der Waals surface area (Å²) in [5, 5.41) is 2.67. The first-order valence-electron chi connectivity index (χ1n) is 17.3. The predicted octanol–water partition coefficient (Wildman–Crippen LogP) is 10.6. The van der Waals surface area contributed by atoms with E-state index in [1.165, 1.54) is 55.8 Å². The van der Waals surface area contributed by atoms with Crippen molar-refractivity contribution in [3.8, 4) is 0 Å². The van der Waals surface area contributed by atoms with Crippen LogP contribution in [0.5, 0.6) is 0 Å². The van der Waals surface area contributed by atoms with E-state index in [1.807, 2.05) is 0 Å². The van der Waals surface area contributed by atoms with E-state index in [2.05, 4.69) is 184 Å². The molecule has 0 amide bonds. The van der Waals surface area contributed by atoms with Crippen molar-refractivity contribution in [2.75, 3.05) is 18.5 Å². The number of fused-ring (bicyclic) bond motifs is 4. The molecule has 5 aromatic carbocycles. The van der Waals surface area contributed by atoms with Crippen LogP contribution in [0.3, 0.4) is 0 Å². The summed E-state index contributed by atoms with van der Waals surface area (Å²) in [6, 6.07) is 44.8. The molecule has 0 aromatic heterocycles. The first-order valence-corrected chi connectivity index (χ1v) is 17.3. The average Bonchev–Trinajstić information content (AvgIpc) is 3.44. The molecule has 0 aliphatic carbocycles. The lowest BCUT2D eigenvalue weighted by Gasteiger charge is -2.29. The van der Waals surface area contributed by atoms with Crippen LogP contribution in [0.4, 0.5) is 11.4 Å². The Morgan fingerprint density at radius 1 is 0.723 bits per heavy atom. The highest BCUT2D eigenvalue weighted by Crippen LogP contribution is 2.49. The number of nitrogens with zero attached hydrogens (tertiary/aromatic N) is 2. The Morgan fingerprint density at radius 3 is 2.00 bits per heavy atom. The van der Waals surface area contributed by atoms with Gasteiger partial charge in [0.05, 0.1) is 5.41 Å². The maximum Gasteiger partial charge on any atom is 0.210 e. The summed E-state index contributed by atoms with van der Waals surface area (Å²) in [4.78, 5) is 2.37. The second-order valence-electron chi connectivity index (χ2n) is 14.4. The average molecular weight is 616 g/mol. The van der Waals surface area contributed by atoms with Gasteiger partial charge in [-0.25, -0.2) is 0 Å². The number of allylic oxidation sites excluding steroid dienone is 4.